The lowest BCUT2D eigenvalue weighted by atomic mass is 10.1. The van der Waals surface area contributed by atoms with Gasteiger partial charge in [-0.1, -0.05) is 6.42 Å². The van der Waals surface area contributed by atoms with Crippen LogP contribution in [0.25, 0.3) is 0 Å². The summed E-state index contributed by atoms with van der Waals surface area (Å²) in [6.45, 7) is 1.74. The minimum absolute atomic E-state index is 0.0973. The van der Waals surface area contributed by atoms with Crippen molar-refractivity contribution in [2.45, 2.75) is 25.3 Å². The fourth-order valence-corrected chi connectivity index (χ4v) is 1.98. The quantitative estimate of drug-likeness (QED) is 0.773. The molecule has 1 aliphatic heterocycles. The number of hydrogen-bond donors (Lipinski definition) is 2. The van der Waals surface area contributed by atoms with E-state index < -0.39 is 0 Å². The predicted octanol–water partition coefficient (Wildman–Crippen LogP) is 0.292. The molecule has 1 amide bonds. The maximum absolute atomic E-state index is 11.7. The highest BCUT2D eigenvalue weighted by molar-refractivity contribution is 5.90. The summed E-state index contributed by atoms with van der Waals surface area (Å²) in [4.78, 5) is 15.8. The van der Waals surface area contributed by atoms with Gasteiger partial charge in [0.25, 0.3) is 5.91 Å². The van der Waals surface area contributed by atoms with Gasteiger partial charge in [-0.15, -0.1) is 0 Å². The number of nitrogens with zero attached hydrogens (tertiary/aromatic N) is 2. The summed E-state index contributed by atoms with van der Waals surface area (Å²) < 4.78 is 1.73. The normalized spacial score (nSPS) is 20.7. The van der Waals surface area contributed by atoms with E-state index in [9.17, 15) is 4.79 Å². The highest BCUT2D eigenvalue weighted by Gasteiger charge is 2.15. The van der Waals surface area contributed by atoms with Crippen LogP contribution in [0.3, 0.4) is 0 Å². The summed E-state index contributed by atoms with van der Waals surface area (Å²) >= 11 is 0. The Kier molecular flexibility index (Phi) is 3.56. The van der Waals surface area contributed by atoms with Gasteiger partial charge in [-0.3, -0.25) is 4.79 Å². The monoisotopic (exact) mass is 222 g/mol. The second-order valence-corrected chi connectivity index (χ2v) is 4.22. The van der Waals surface area contributed by atoms with Crippen molar-refractivity contribution in [3.05, 3.63) is 18.2 Å². The largest absolute Gasteiger partial charge is 0.348 e. The Balaban J connectivity index is 1.81. The molecular formula is C11H18N4O. The van der Waals surface area contributed by atoms with E-state index in [0.29, 0.717) is 18.4 Å². The number of aryl methyl sites for hydroxylation is 1. The number of carbonyl (C=O) groups excluding carboxylic acids is 1. The third kappa shape index (κ3) is 2.61. The van der Waals surface area contributed by atoms with E-state index in [0.717, 1.165) is 13.0 Å². The van der Waals surface area contributed by atoms with Crippen LogP contribution in [0.1, 0.15) is 29.9 Å². The zero-order chi connectivity index (χ0) is 11.4. The molecule has 5 nitrogen and oxygen atoms in total. The smallest absolute Gasteiger partial charge is 0.287 e. The fourth-order valence-electron chi connectivity index (χ4n) is 1.98. The second kappa shape index (κ2) is 5.12. The number of piperidine rings is 1. The first kappa shape index (κ1) is 11.1. The van der Waals surface area contributed by atoms with E-state index >= 15 is 0 Å². The van der Waals surface area contributed by atoms with E-state index in [-0.39, 0.29) is 5.91 Å². The van der Waals surface area contributed by atoms with Gasteiger partial charge in [-0.2, -0.15) is 0 Å². The van der Waals surface area contributed by atoms with Crippen LogP contribution in [0, 0.1) is 0 Å². The standard InChI is InChI=1S/C11H18N4O/c1-15-7-6-13-10(15)11(16)14-8-9-4-2-3-5-12-9/h6-7,9,12H,2-5,8H2,1H3,(H,14,16). The van der Waals surface area contributed by atoms with Gasteiger partial charge in [0.05, 0.1) is 0 Å². The fraction of sp³-hybridized carbons (Fsp3) is 0.636. The SMILES string of the molecule is Cn1ccnc1C(=O)NCC1CCCCN1. The lowest BCUT2D eigenvalue weighted by molar-refractivity contribution is 0.0934. The van der Waals surface area contributed by atoms with Gasteiger partial charge in [-0.25, -0.2) is 4.98 Å². The van der Waals surface area contributed by atoms with Crippen LogP contribution in [0.15, 0.2) is 12.4 Å². The maximum atomic E-state index is 11.7. The van der Waals surface area contributed by atoms with Crippen LogP contribution in [-0.4, -0.2) is 34.6 Å². The molecule has 1 aromatic rings. The molecule has 16 heavy (non-hydrogen) atoms. The Morgan fingerprint density at radius 1 is 1.69 bits per heavy atom. The van der Waals surface area contributed by atoms with Crippen LogP contribution in [0.2, 0.25) is 0 Å². The average molecular weight is 222 g/mol. The molecule has 2 heterocycles. The lowest BCUT2D eigenvalue weighted by Gasteiger charge is -2.23. The molecular weight excluding hydrogens is 204 g/mol. The topological polar surface area (TPSA) is 59.0 Å². The summed E-state index contributed by atoms with van der Waals surface area (Å²) in [5.74, 6) is 0.371. The molecule has 0 aromatic carbocycles. The molecule has 2 rings (SSSR count). The molecule has 0 saturated carbocycles. The van der Waals surface area contributed by atoms with Crippen LogP contribution in [0.4, 0.5) is 0 Å². The van der Waals surface area contributed by atoms with Gasteiger partial charge in [0.2, 0.25) is 0 Å². The molecule has 0 spiro atoms. The molecule has 1 atom stereocenters. The van der Waals surface area contributed by atoms with Gasteiger partial charge in [0, 0.05) is 32.0 Å². The molecule has 5 heteroatoms. The zero-order valence-corrected chi connectivity index (χ0v) is 9.57. The number of rotatable bonds is 3. The molecule has 1 aliphatic rings. The third-order valence-electron chi connectivity index (χ3n) is 2.95. The number of carbonyl (C=O) groups is 1. The minimum Gasteiger partial charge on any atom is -0.348 e. The van der Waals surface area contributed by atoms with Gasteiger partial charge in [-0.05, 0) is 19.4 Å². The van der Waals surface area contributed by atoms with E-state index in [1.54, 1.807) is 17.0 Å². The van der Waals surface area contributed by atoms with Crippen molar-refractivity contribution in [3.63, 3.8) is 0 Å². The van der Waals surface area contributed by atoms with Crippen molar-refractivity contribution in [1.82, 2.24) is 20.2 Å². The molecule has 1 fully saturated rings. The molecule has 0 aliphatic carbocycles. The predicted molar refractivity (Wildman–Crippen MR) is 61.2 cm³/mol. The number of hydrogen-bond acceptors (Lipinski definition) is 3. The number of imidazole rings is 1. The molecule has 1 unspecified atom stereocenters. The van der Waals surface area contributed by atoms with E-state index in [2.05, 4.69) is 15.6 Å². The number of aromatic nitrogens is 2. The number of amides is 1. The summed E-state index contributed by atoms with van der Waals surface area (Å²) in [5.41, 5.74) is 0. The van der Waals surface area contributed by atoms with Crippen LogP contribution < -0.4 is 10.6 Å². The average Bonchev–Trinajstić information content (AvgIpc) is 2.74. The second-order valence-electron chi connectivity index (χ2n) is 4.22. The van der Waals surface area contributed by atoms with Crippen molar-refractivity contribution in [2.24, 2.45) is 7.05 Å². The lowest BCUT2D eigenvalue weighted by Crippen LogP contribution is -2.43. The van der Waals surface area contributed by atoms with E-state index in [1.807, 2.05) is 7.05 Å². The highest BCUT2D eigenvalue weighted by Crippen LogP contribution is 2.05. The first-order valence-corrected chi connectivity index (χ1v) is 5.76. The van der Waals surface area contributed by atoms with Crippen molar-refractivity contribution < 1.29 is 4.79 Å². The summed E-state index contributed by atoms with van der Waals surface area (Å²) in [7, 11) is 1.82. The van der Waals surface area contributed by atoms with Gasteiger partial charge < -0.3 is 15.2 Å². The first-order valence-electron chi connectivity index (χ1n) is 5.76. The Morgan fingerprint density at radius 2 is 2.56 bits per heavy atom. The highest BCUT2D eigenvalue weighted by atomic mass is 16.2. The van der Waals surface area contributed by atoms with Gasteiger partial charge in [0.15, 0.2) is 5.82 Å². The van der Waals surface area contributed by atoms with Crippen molar-refractivity contribution >= 4 is 5.91 Å². The maximum Gasteiger partial charge on any atom is 0.287 e. The Hall–Kier alpha value is -1.36. The van der Waals surface area contributed by atoms with Crippen LogP contribution in [-0.2, 0) is 7.05 Å². The Morgan fingerprint density at radius 3 is 3.19 bits per heavy atom. The van der Waals surface area contributed by atoms with E-state index in [1.165, 1.54) is 12.8 Å². The molecule has 2 N–H and O–H groups in total. The molecule has 0 radical (unpaired) electrons. The third-order valence-corrected chi connectivity index (χ3v) is 2.95. The van der Waals surface area contributed by atoms with Gasteiger partial charge >= 0.3 is 0 Å². The number of nitrogens with one attached hydrogen (secondary N) is 2. The van der Waals surface area contributed by atoms with Crippen molar-refractivity contribution in [1.29, 1.82) is 0 Å². The molecule has 1 aromatic heterocycles. The van der Waals surface area contributed by atoms with Crippen molar-refractivity contribution in [2.75, 3.05) is 13.1 Å². The van der Waals surface area contributed by atoms with Gasteiger partial charge in [0.1, 0.15) is 0 Å². The summed E-state index contributed by atoms with van der Waals surface area (Å²) in [6.07, 6.45) is 7.03. The van der Waals surface area contributed by atoms with E-state index in [4.69, 9.17) is 0 Å². The van der Waals surface area contributed by atoms with Crippen LogP contribution in [0.5, 0.6) is 0 Å². The molecule has 88 valence electrons. The summed E-state index contributed by atoms with van der Waals surface area (Å²) in [6, 6.07) is 0.415. The molecule has 1 saturated heterocycles. The van der Waals surface area contributed by atoms with Crippen LogP contribution >= 0.6 is 0 Å². The molecule has 0 bridgehead atoms. The Bertz CT molecular complexity index is 355. The Labute approximate surface area is 95.2 Å². The first-order chi connectivity index (χ1) is 7.77. The summed E-state index contributed by atoms with van der Waals surface area (Å²) in [5, 5.41) is 6.30. The zero-order valence-electron chi connectivity index (χ0n) is 9.57. The minimum atomic E-state index is -0.0973. The van der Waals surface area contributed by atoms with Crippen molar-refractivity contribution in [3.8, 4) is 0 Å².